The first-order valence-electron chi connectivity index (χ1n) is 8.68. The fourth-order valence-corrected chi connectivity index (χ4v) is 3.78. The zero-order valence-electron chi connectivity index (χ0n) is 14.0. The van der Waals surface area contributed by atoms with Gasteiger partial charge in [-0.25, -0.2) is 0 Å². The molecule has 4 rings (SSSR count). The summed E-state index contributed by atoms with van der Waals surface area (Å²) in [5.74, 6) is 1.58. The molecule has 2 heterocycles. The molecule has 1 atom stereocenters. The second-order valence-electron chi connectivity index (χ2n) is 6.68. The van der Waals surface area contributed by atoms with E-state index in [0.717, 1.165) is 49.4 Å². The Morgan fingerprint density at radius 1 is 1.29 bits per heavy atom. The molecule has 126 valence electrons. The fraction of sp³-hybridized carbons (Fsp3) is 0.474. The van der Waals surface area contributed by atoms with E-state index in [9.17, 15) is 4.79 Å². The van der Waals surface area contributed by atoms with Gasteiger partial charge in [-0.1, -0.05) is 11.2 Å². The van der Waals surface area contributed by atoms with Crippen molar-refractivity contribution in [3.05, 3.63) is 46.8 Å². The van der Waals surface area contributed by atoms with Crippen LogP contribution >= 0.6 is 0 Å². The maximum absolute atomic E-state index is 12.6. The number of hydrogen-bond acceptors (Lipinski definition) is 4. The highest BCUT2D eigenvalue weighted by Gasteiger charge is 2.32. The Morgan fingerprint density at radius 2 is 2.17 bits per heavy atom. The molecule has 24 heavy (non-hydrogen) atoms. The number of aromatic nitrogens is 1. The third kappa shape index (κ3) is 2.90. The van der Waals surface area contributed by atoms with Crippen molar-refractivity contribution < 1.29 is 14.1 Å². The van der Waals surface area contributed by atoms with Crippen molar-refractivity contribution in [3.63, 3.8) is 0 Å². The van der Waals surface area contributed by atoms with Crippen LogP contribution in [0.15, 0.2) is 28.8 Å². The number of hydrogen-bond donors (Lipinski definition) is 0. The lowest BCUT2D eigenvalue weighted by Crippen LogP contribution is -2.34. The summed E-state index contributed by atoms with van der Waals surface area (Å²) in [6.45, 7) is 2.70. The van der Waals surface area contributed by atoms with E-state index in [1.54, 1.807) is 0 Å². The molecule has 5 nitrogen and oxygen atoms in total. The summed E-state index contributed by atoms with van der Waals surface area (Å²) in [4.78, 5) is 14.5. The van der Waals surface area contributed by atoms with Gasteiger partial charge in [0.15, 0.2) is 6.61 Å². The molecule has 0 N–H and O–H groups in total. The van der Waals surface area contributed by atoms with Crippen LogP contribution in [0.5, 0.6) is 5.75 Å². The summed E-state index contributed by atoms with van der Waals surface area (Å²) < 4.78 is 10.9. The minimum Gasteiger partial charge on any atom is -0.484 e. The van der Waals surface area contributed by atoms with Crippen LogP contribution in [0.2, 0.25) is 0 Å². The number of ether oxygens (including phenoxy) is 1. The van der Waals surface area contributed by atoms with E-state index in [1.807, 2.05) is 24.0 Å². The molecule has 1 aromatic heterocycles. The Kier molecular flexibility index (Phi) is 4.00. The molecule has 1 aliphatic carbocycles. The molecule has 1 fully saturated rings. The molecule has 5 heteroatoms. The van der Waals surface area contributed by atoms with Crippen LogP contribution in [0.25, 0.3) is 0 Å². The highest BCUT2D eigenvalue weighted by atomic mass is 16.5. The van der Waals surface area contributed by atoms with E-state index in [1.165, 1.54) is 17.5 Å². The number of amides is 1. The molecule has 0 bridgehead atoms. The molecule has 0 spiro atoms. The van der Waals surface area contributed by atoms with E-state index in [4.69, 9.17) is 9.26 Å². The predicted molar refractivity (Wildman–Crippen MR) is 88.9 cm³/mol. The highest BCUT2D eigenvalue weighted by molar-refractivity contribution is 5.78. The van der Waals surface area contributed by atoms with E-state index < -0.39 is 0 Å². The molecule has 2 aliphatic rings. The van der Waals surface area contributed by atoms with Crippen molar-refractivity contribution in [3.8, 4) is 5.75 Å². The summed E-state index contributed by atoms with van der Waals surface area (Å²) in [6, 6.07) is 8.10. The normalized spacial score (nSPS) is 19.5. The molecule has 0 radical (unpaired) electrons. The number of carbonyl (C=O) groups is 1. The third-order valence-corrected chi connectivity index (χ3v) is 4.99. The van der Waals surface area contributed by atoms with Crippen LogP contribution in [0, 0.1) is 6.92 Å². The number of carbonyl (C=O) groups excluding carboxylic acids is 1. The van der Waals surface area contributed by atoms with Gasteiger partial charge >= 0.3 is 0 Å². The topological polar surface area (TPSA) is 55.6 Å². The van der Waals surface area contributed by atoms with Crippen molar-refractivity contribution in [1.82, 2.24) is 10.1 Å². The van der Waals surface area contributed by atoms with Crippen LogP contribution in [-0.4, -0.2) is 29.1 Å². The number of nitrogens with zero attached hydrogens (tertiary/aromatic N) is 2. The van der Waals surface area contributed by atoms with Gasteiger partial charge in [-0.3, -0.25) is 4.79 Å². The maximum Gasteiger partial charge on any atom is 0.261 e. The lowest BCUT2D eigenvalue weighted by atomic mass is 10.1. The van der Waals surface area contributed by atoms with Crippen molar-refractivity contribution in [1.29, 1.82) is 0 Å². The smallest absolute Gasteiger partial charge is 0.261 e. The number of rotatable bonds is 4. The average molecular weight is 326 g/mol. The summed E-state index contributed by atoms with van der Waals surface area (Å²) in [5, 5.41) is 4.08. The SMILES string of the molecule is Cc1cc([C@H]2CCCN2C(=O)COc2ccc3c(c2)CCC3)no1. The minimum atomic E-state index is 0.0126. The van der Waals surface area contributed by atoms with Crippen molar-refractivity contribution in [2.24, 2.45) is 0 Å². The Labute approximate surface area is 141 Å². The zero-order chi connectivity index (χ0) is 16.5. The summed E-state index contributed by atoms with van der Waals surface area (Å²) >= 11 is 0. The van der Waals surface area contributed by atoms with Crippen LogP contribution in [-0.2, 0) is 17.6 Å². The van der Waals surface area contributed by atoms with Crippen molar-refractivity contribution in [2.75, 3.05) is 13.2 Å². The molecule has 1 amide bonds. The van der Waals surface area contributed by atoms with E-state index >= 15 is 0 Å². The Morgan fingerprint density at radius 3 is 3.00 bits per heavy atom. The number of benzene rings is 1. The molecule has 1 aromatic carbocycles. The number of fused-ring (bicyclic) bond motifs is 1. The van der Waals surface area contributed by atoms with Gasteiger partial charge in [-0.05, 0) is 62.3 Å². The van der Waals surface area contributed by atoms with Crippen LogP contribution in [0.1, 0.15) is 47.9 Å². The molecule has 0 saturated carbocycles. The first-order chi connectivity index (χ1) is 11.7. The molecule has 0 unspecified atom stereocenters. The third-order valence-electron chi connectivity index (χ3n) is 4.99. The van der Waals surface area contributed by atoms with Gasteiger partial charge in [0, 0.05) is 12.6 Å². The van der Waals surface area contributed by atoms with Crippen molar-refractivity contribution >= 4 is 5.91 Å². The second-order valence-corrected chi connectivity index (χ2v) is 6.68. The Balaban J connectivity index is 1.40. The highest BCUT2D eigenvalue weighted by Crippen LogP contribution is 2.32. The van der Waals surface area contributed by atoms with Gasteiger partial charge in [0.2, 0.25) is 0 Å². The number of aryl methyl sites for hydroxylation is 3. The second kappa shape index (κ2) is 6.30. The van der Waals surface area contributed by atoms with Gasteiger partial charge in [-0.2, -0.15) is 0 Å². The van der Waals surface area contributed by atoms with Crippen LogP contribution in [0.4, 0.5) is 0 Å². The Bertz CT molecular complexity index is 753. The standard InChI is InChI=1S/C19H22N2O3/c1-13-10-17(20-24-13)18-6-3-9-21(18)19(22)12-23-16-8-7-14-4-2-5-15(14)11-16/h7-8,10-11,18H,2-6,9,12H2,1H3/t18-/m1/s1. The van der Waals surface area contributed by atoms with Gasteiger partial charge in [0.1, 0.15) is 17.2 Å². The Hall–Kier alpha value is -2.30. The lowest BCUT2D eigenvalue weighted by molar-refractivity contribution is -0.134. The largest absolute Gasteiger partial charge is 0.484 e. The monoisotopic (exact) mass is 326 g/mol. The minimum absolute atomic E-state index is 0.0126. The van der Waals surface area contributed by atoms with Crippen LogP contribution in [0.3, 0.4) is 0 Å². The molecular weight excluding hydrogens is 304 g/mol. The van der Waals surface area contributed by atoms with Gasteiger partial charge < -0.3 is 14.2 Å². The molecular formula is C19H22N2O3. The molecule has 2 aromatic rings. The summed E-state index contributed by atoms with van der Waals surface area (Å²) in [5.41, 5.74) is 3.61. The van der Waals surface area contributed by atoms with Crippen molar-refractivity contribution in [2.45, 2.75) is 45.1 Å². The van der Waals surface area contributed by atoms with E-state index in [2.05, 4.69) is 17.3 Å². The maximum atomic E-state index is 12.6. The fourth-order valence-electron chi connectivity index (χ4n) is 3.78. The quantitative estimate of drug-likeness (QED) is 0.866. The average Bonchev–Trinajstić information content (AvgIpc) is 3.31. The molecule has 1 aliphatic heterocycles. The van der Waals surface area contributed by atoms with Crippen LogP contribution < -0.4 is 4.74 Å². The first kappa shape index (κ1) is 15.2. The van der Waals surface area contributed by atoms with E-state index in [0.29, 0.717) is 0 Å². The van der Waals surface area contributed by atoms with Gasteiger partial charge in [0.25, 0.3) is 5.91 Å². The number of likely N-dealkylation sites (tertiary alicyclic amines) is 1. The zero-order valence-corrected chi connectivity index (χ0v) is 14.0. The van der Waals surface area contributed by atoms with Gasteiger partial charge in [0.05, 0.1) is 6.04 Å². The summed E-state index contributed by atoms with van der Waals surface area (Å²) in [6.07, 6.45) is 5.39. The lowest BCUT2D eigenvalue weighted by Gasteiger charge is -2.23. The first-order valence-corrected chi connectivity index (χ1v) is 8.68. The molecule has 1 saturated heterocycles. The predicted octanol–water partition coefficient (Wildman–Crippen LogP) is 3.21. The van der Waals surface area contributed by atoms with E-state index in [-0.39, 0.29) is 18.6 Å². The van der Waals surface area contributed by atoms with Gasteiger partial charge in [-0.15, -0.1) is 0 Å². The summed E-state index contributed by atoms with van der Waals surface area (Å²) in [7, 11) is 0.